The van der Waals surface area contributed by atoms with Crippen molar-refractivity contribution in [3.8, 4) is 11.3 Å². The van der Waals surface area contributed by atoms with Crippen LogP contribution in [-0.4, -0.2) is 35.2 Å². The first kappa shape index (κ1) is 15.6. The van der Waals surface area contributed by atoms with Gasteiger partial charge < -0.3 is 4.40 Å². The molecule has 0 spiro atoms. The minimum absolute atomic E-state index is 0.317. The first-order valence-corrected chi connectivity index (χ1v) is 9.61. The zero-order chi connectivity index (χ0) is 16.7. The van der Waals surface area contributed by atoms with Gasteiger partial charge in [-0.15, -0.1) is 0 Å². The Balaban J connectivity index is 1.76. The fourth-order valence-electron chi connectivity index (χ4n) is 3.00. The molecule has 1 fully saturated rings. The molecule has 1 saturated heterocycles. The zero-order valence-corrected chi connectivity index (χ0v) is 14.5. The van der Waals surface area contributed by atoms with Crippen LogP contribution in [0.4, 0.5) is 0 Å². The zero-order valence-electron chi connectivity index (χ0n) is 12.9. The molecule has 1 aromatic carbocycles. The molecule has 24 heavy (non-hydrogen) atoms. The average molecular weight is 362 g/mol. The molecule has 2 aromatic heterocycles. The molecule has 1 aliphatic heterocycles. The van der Waals surface area contributed by atoms with E-state index >= 15 is 0 Å². The molecule has 124 valence electrons. The van der Waals surface area contributed by atoms with Gasteiger partial charge in [-0.2, -0.15) is 4.31 Å². The minimum Gasteiger partial charge on any atom is -0.305 e. The van der Waals surface area contributed by atoms with E-state index in [2.05, 4.69) is 4.98 Å². The molecule has 0 N–H and O–H groups in total. The highest BCUT2D eigenvalue weighted by Gasteiger charge is 2.27. The Morgan fingerprint density at radius 2 is 1.83 bits per heavy atom. The van der Waals surface area contributed by atoms with Crippen molar-refractivity contribution in [2.45, 2.75) is 17.7 Å². The predicted octanol–water partition coefficient (Wildman–Crippen LogP) is 3.44. The second-order valence-electron chi connectivity index (χ2n) is 5.88. The number of benzene rings is 1. The van der Waals surface area contributed by atoms with E-state index in [0.29, 0.717) is 23.0 Å². The molecule has 5 nitrogen and oxygen atoms in total. The molecule has 3 aromatic rings. The summed E-state index contributed by atoms with van der Waals surface area (Å²) in [5.41, 5.74) is 2.26. The van der Waals surface area contributed by atoms with Gasteiger partial charge in [-0.1, -0.05) is 23.7 Å². The highest BCUT2D eigenvalue weighted by atomic mass is 35.5. The molecular formula is C17H16ClN3O2S. The number of imidazole rings is 1. The van der Waals surface area contributed by atoms with E-state index in [1.54, 1.807) is 34.8 Å². The van der Waals surface area contributed by atoms with Gasteiger partial charge in [0.05, 0.1) is 15.6 Å². The SMILES string of the molecule is O=S(=O)(c1cccc(-c2cn3cc(Cl)ccc3n2)c1)N1CCCC1. The van der Waals surface area contributed by atoms with E-state index in [4.69, 9.17) is 11.6 Å². The minimum atomic E-state index is -3.43. The molecular weight excluding hydrogens is 346 g/mol. The largest absolute Gasteiger partial charge is 0.305 e. The lowest BCUT2D eigenvalue weighted by Crippen LogP contribution is -2.27. The van der Waals surface area contributed by atoms with Crippen molar-refractivity contribution in [2.75, 3.05) is 13.1 Å². The van der Waals surface area contributed by atoms with Crippen molar-refractivity contribution in [2.24, 2.45) is 0 Å². The fourth-order valence-corrected chi connectivity index (χ4v) is 4.73. The van der Waals surface area contributed by atoms with E-state index < -0.39 is 10.0 Å². The summed E-state index contributed by atoms with van der Waals surface area (Å²) < 4.78 is 28.8. The smallest absolute Gasteiger partial charge is 0.243 e. The number of rotatable bonds is 3. The number of nitrogens with zero attached hydrogens (tertiary/aromatic N) is 3. The quantitative estimate of drug-likeness (QED) is 0.718. The number of hydrogen-bond donors (Lipinski definition) is 0. The summed E-state index contributed by atoms with van der Waals surface area (Å²) in [6.45, 7) is 1.19. The fraction of sp³-hybridized carbons (Fsp3) is 0.235. The van der Waals surface area contributed by atoms with Gasteiger partial charge in [-0.25, -0.2) is 13.4 Å². The van der Waals surface area contributed by atoms with Gasteiger partial charge in [-0.3, -0.25) is 0 Å². The molecule has 0 unspecified atom stereocenters. The third kappa shape index (κ3) is 2.70. The molecule has 0 radical (unpaired) electrons. The van der Waals surface area contributed by atoms with Crippen LogP contribution in [-0.2, 0) is 10.0 Å². The van der Waals surface area contributed by atoms with Gasteiger partial charge in [0.25, 0.3) is 0 Å². The number of aromatic nitrogens is 2. The van der Waals surface area contributed by atoms with Crippen molar-refractivity contribution in [3.05, 3.63) is 53.8 Å². The van der Waals surface area contributed by atoms with E-state index in [9.17, 15) is 8.42 Å². The van der Waals surface area contributed by atoms with E-state index in [-0.39, 0.29) is 0 Å². The molecule has 4 rings (SSSR count). The summed E-state index contributed by atoms with van der Waals surface area (Å²) in [5.74, 6) is 0. The van der Waals surface area contributed by atoms with Gasteiger partial charge in [0, 0.05) is 31.0 Å². The van der Waals surface area contributed by atoms with Crippen LogP contribution < -0.4 is 0 Å². The summed E-state index contributed by atoms with van der Waals surface area (Å²) in [4.78, 5) is 4.86. The van der Waals surface area contributed by atoms with Gasteiger partial charge in [0.15, 0.2) is 0 Å². The third-order valence-electron chi connectivity index (χ3n) is 4.25. The Kier molecular flexibility index (Phi) is 3.83. The second-order valence-corrected chi connectivity index (χ2v) is 8.25. The number of hydrogen-bond acceptors (Lipinski definition) is 3. The summed E-state index contributed by atoms with van der Waals surface area (Å²) >= 11 is 6.00. The number of sulfonamides is 1. The van der Waals surface area contributed by atoms with Crippen molar-refractivity contribution in [1.82, 2.24) is 13.7 Å². The molecule has 0 bridgehead atoms. The summed E-state index contributed by atoms with van der Waals surface area (Å²) in [7, 11) is -3.43. The molecule has 0 amide bonds. The van der Waals surface area contributed by atoms with Gasteiger partial charge in [0.1, 0.15) is 5.65 Å². The van der Waals surface area contributed by atoms with Crippen LogP contribution >= 0.6 is 11.6 Å². The average Bonchev–Trinajstić information content (AvgIpc) is 3.24. The molecule has 0 atom stereocenters. The molecule has 3 heterocycles. The van der Waals surface area contributed by atoms with Crippen LogP contribution in [0.3, 0.4) is 0 Å². The Bertz CT molecular complexity index is 1010. The van der Waals surface area contributed by atoms with Crippen LogP contribution in [0, 0.1) is 0 Å². The predicted molar refractivity (Wildman–Crippen MR) is 93.6 cm³/mol. The maximum absolute atomic E-state index is 12.7. The van der Waals surface area contributed by atoms with E-state index in [0.717, 1.165) is 29.7 Å². The topological polar surface area (TPSA) is 54.7 Å². The lowest BCUT2D eigenvalue weighted by molar-refractivity contribution is 0.477. The van der Waals surface area contributed by atoms with Crippen LogP contribution in [0.25, 0.3) is 16.9 Å². The maximum atomic E-state index is 12.7. The van der Waals surface area contributed by atoms with Crippen molar-refractivity contribution < 1.29 is 8.42 Å². The van der Waals surface area contributed by atoms with Crippen LogP contribution in [0.2, 0.25) is 5.02 Å². The van der Waals surface area contributed by atoms with Crippen LogP contribution in [0.15, 0.2) is 53.7 Å². The number of pyridine rings is 1. The standard InChI is InChI=1S/C17H16ClN3O2S/c18-14-6-7-17-19-16(12-20(17)11-14)13-4-3-5-15(10-13)24(22,23)21-8-1-2-9-21/h3-7,10-12H,1-2,8-9H2. The van der Waals surface area contributed by atoms with Gasteiger partial charge >= 0.3 is 0 Å². The van der Waals surface area contributed by atoms with Crippen LogP contribution in [0.1, 0.15) is 12.8 Å². The van der Waals surface area contributed by atoms with Crippen LogP contribution in [0.5, 0.6) is 0 Å². The second kappa shape index (κ2) is 5.88. The first-order chi connectivity index (χ1) is 11.5. The molecule has 0 aliphatic carbocycles. The van der Waals surface area contributed by atoms with Gasteiger partial charge in [-0.05, 0) is 37.1 Å². The monoisotopic (exact) mass is 361 g/mol. The first-order valence-electron chi connectivity index (χ1n) is 7.79. The van der Waals surface area contributed by atoms with E-state index in [1.165, 1.54) is 0 Å². The number of halogens is 1. The summed E-state index contributed by atoms with van der Waals surface area (Å²) in [5, 5.41) is 0.622. The molecule has 0 saturated carbocycles. The van der Waals surface area contributed by atoms with Gasteiger partial charge in [0.2, 0.25) is 10.0 Å². The lowest BCUT2D eigenvalue weighted by atomic mass is 10.2. The normalized spacial score (nSPS) is 16.0. The summed E-state index contributed by atoms with van der Waals surface area (Å²) in [6, 6.07) is 10.6. The Morgan fingerprint density at radius 3 is 2.62 bits per heavy atom. The molecule has 7 heteroatoms. The van der Waals surface area contributed by atoms with Crippen molar-refractivity contribution >= 4 is 27.3 Å². The Morgan fingerprint density at radius 1 is 1.04 bits per heavy atom. The lowest BCUT2D eigenvalue weighted by Gasteiger charge is -2.15. The number of fused-ring (bicyclic) bond motifs is 1. The third-order valence-corrected chi connectivity index (χ3v) is 6.37. The molecule has 1 aliphatic rings. The van der Waals surface area contributed by atoms with Crippen molar-refractivity contribution in [1.29, 1.82) is 0 Å². The summed E-state index contributed by atoms with van der Waals surface area (Å²) in [6.07, 6.45) is 5.47. The highest BCUT2D eigenvalue weighted by molar-refractivity contribution is 7.89. The van der Waals surface area contributed by atoms with E-state index in [1.807, 2.05) is 22.7 Å². The maximum Gasteiger partial charge on any atom is 0.243 e. The Hall–Kier alpha value is -1.89. The Labute approximate surface area is 145 Å². The highest BCUT2D eigenvalue weighted by Crippen LogP contribution is 2.26. The van der Waals surface area contributed by atoms with Crippen molar-refractivity contribution in [3.63, 3.8) is 0 Å².